The predicted molar refractivity (Wildman–Crippen MR) is 147 cm³/mol. The average Bonchev–Trinajstić information content (AvgIpc) is 3.41. The van der Waals surface area contributed by atoms with E-state index in [4.69, 9.17) is 9.47 Å². The SMILES string of the molecule is C=CCC(/C=C/C(=O)NC)CNc1cc(C)nc(Nc2cnc(OC)c(OCCCN3CCCC3)c2)n1. The number of hydrogen-bond acceptors (Lipinski definition) is 9. The van der Waals surface area contributed by atoms with Gasteiger partial charge in [-0.1, -0.05) is 12.2 Å². The maximum atomic E-state index is 11.6. The lowest BCUT2D eigenvalue weighted by Gasteiger charge is -2.16. The van der Waals surface area contributed by atoms with E-state index in [0.717, 1.165) is 25.1 Å². The lowest BCUT2D eigenvalue weighted by atomic mass is 10.0. The number of aryl methyl sites for hydroxylation is 1. The van der Waals surface area contributed by atoms with Crippen molar-refractivity contribution < 1.29 is 14.3 Å². The van der Waals surface area contributed by atoms with E-state index in [1.54, 1.807) is 20.4 Å². The first kappa shape index (κ1) is 27.9. The molecule has 1 aliphatic rings. The van der Waals surface area contributed by atoms with Crippen molar-refractivity contribution >= 4 is 23.4 Å². The Balaban J connectivity index is 1.62. The number of aromatic nitrogens is 3. The van der Waals surface area contributed by atoms with Crippen LogP contribution in [0.1, 0.15) is 31.4 Å². The molecule has 0 bridgehead atoms. The van der Waals surface area contributed by atoms with Crippen LogP contribution in [0.3, 0.4) is 0 Å². The van der Waals surface area contributed by atoms with Crippen LogP contribution in [-0.2, 0) is 4.79 Å². The molecule has 0 aromatic carbocycles. The van der Waals surface area contributed by atoms with E-state index in [1.165, 1.54) is 32.0 Å². The zero-order chi connectivity index (χ0) is 26.5. The van der Waals surface area contributed by atoms with Crippen LogP contribution in [0.15, 0.2) is 43.1 Å². The van der Waals surface area contributed by atoms with Gasteiger partial charge in [-0.15, -0.1) is 6.58 Å². The molecular formula is C27H39N7O3. The molecule has 200 valence electrons. The van der Waals surface area contributed by atoms with Gasteiger partial charge in [0, 0.05) is 38.0 Å². The number of allylic oxidation sites excluding steroid dienone is 1. The highest BCUT2D eigenvalue weighted by Crippen LogP contribution is 2.29. The molecule has 0 radical (unpaired) electrons. The van der Waals surface area contributed by atoms with Gasteiger partial charge < -0.3 is 30.3 Å². The first-order valence-electron chi connectivity index (χ1n) is 12.8. The second kappa shape index (κ2) is 14.8. The van der Waals surface area contributed by atoms with Crippen molar-refractivity contribution in [3.8, 4) is 11.6 Å². The summed E-state index contributed by atoms with van der Waals surface area (Å²) in [6, 6.07) is 3.73. The van der Waals surface area contributed by atoms with Gasteiger partial charge in [0.1, 0.15) is 5.82 Å². The molecule has 3 heterocycles. The molecule has 3 N–H and O–H groups in total. The molecule has 0 spiro atoms. The van der Waals surface area contributed by atoms with E-state index in [9.17, 15) is 4.79 Å². The molecule has 0 saturated carbocycles. The molecule has 1 fully saturated rings. The van der Waals surface area contributed by atoms with Crippen LogP contribution in [0.2, 0.25) is 0 Å². The summed E-state index contributed by atoms with van der Waals surface area (Å²) >= 11 is 0. The Labute approximate surface area is 219 Å². The number of rotatable bonds is 15. The maximum absolute atomic E-state index is 11.6. The average molecular weight is 510 g/mol. The van der Waals surface area contributed by atoms with Gasteiger partial charge in [-0.2, -0.15) is 4.98 Å². The Morgan fingerprint density at radius 3 is 2.81 bits per heavy atom. The molecule has 1 aliphatic heterocycles. The minimum Gasteiger partial charge on any atom is -0.488 e. The van der Waals surface area contributed by atoms with Gasteiger partial charge in [0.05, 0.1) is 25.6 Å². The van der Waals surface area contributed by atoms with Crippen LogP contribution in [0.25, 0.3) is 0 Å². The van der Waals surface area contributed by atoms with Crippen LogP contribution in [0.4, 0.5) is 17.5 Å². The number of carbonyl (C=O) groups excluding carboxylic acids is 1. The number of nitrogens with one attached hydrogen (secondary N) is 3. The minimum atomic E-state index is -0.138. The third-order valence-corrected chi connectivity index (χ3v) is 5.98. The monoisotopic (exact) mass is 509 g/mol. The molecule has 10 heteroatoms. The number of pyridine rings is 1. The van der Waals surface area contributed by atoms with Crippen LogP contribution < -0.4 is 25.4 Å². The smallest absolute Gasteiger partial charge is 0.256 e. The predicted octanol–water partition coefficient (Wildman–Crippen LogP) is 3.70. The Morgan fingerprint density at radius 2 is 2.08 bits per heavy atom. The molecule has 1 saturated heterocycles. The lowest BCUT2D eigenvalue weighted by Crippen LogP contribution is -2.22. The molecule has 2 aromatic rings. The number of amides is 1. The first-order chi connectivity index (χ1) is 18.0. The fourth-order valence-electron chi connectivity index (χ4n) is 4.06. The number of ether oxygens (including phenoxy) is 2. The van der Waals surface area contributed by atoms with Crippen molar-refractivity contribution in [2.75, 3.05) is 57.6 Å². The molecule has 37 heavy (non-hydrogen) atoms. The highest BCUT2D eigenvalue weighted by molar-refractivity contribution is 5.87. The highest BCUT2D eigenvalue weighted by Gasteiger charge is 2.13. The molecule has 10 nitrogen and oxygen atoms in total. The lowest BCUT2D eigenvalue weighted by molar-refractivity contribution is -0.116. The molecule has 1 unspecified atom stereocenters. The number of likely N-dealkylation sites (tertiary alicyclic amines) is 1. The summed E-state index contributed by atoms with van der Waals surface area (Å²) in [6.07, 6.45) is 11.2. The molecule has 2 aromatic heterocycles. The van der Waals surface area contributed by atoms with Crippen molar-refractivity contribution in [3.05, 3.63) is 48.8 Å². The number of anilines is 3. The van der Waals surface area contributed by atoms with Gasteiger partial charge in [0.2, 0.25) is 11.9 Å². The van der Waals surface area contributed by atoms with Crippen LogP contribution in [0.5, 0.6) is 11.6 Å². The van der Waals surface area contributed by atoms with E-state index in [2.05, 4.69) is 42.4 Å². The van der Waals surface area contributed by atoms with Crippen LogP contribution >= 0.6 is 0 Å². The zero-order valence-electron chi connectivity index (χ0n) is 22.1. The molecular weight excluding hydrogens is 470 g/mol. The third kappa shape index (κ3) is 9.38. The van der Waals surface area contributed by atoms with Gasteiger partial charge in [-0.25, -0.2) is 9.97 Å². The van der Waals surface area contributed by atoms with Crippen molar-refractivity contribution in [1.82, 2.24) is 25.2 Å². The van der Waals surface area contributed by atoms with E-state index in [1.807, 2.05) is 31.2 Å². The largest absolute Gasteiger partial charge is 0.488 e. The van der Waals surface area contributed by atoms with Gasteiger partial charge >= 0.3 is 0 Å². The van der Waals surface area contributed by atoms with Crippen molar-refractivity contribution in [3.63, 3.8) is 0 Å². The Kier molecular flexibility index (Phi) is 11.2. The number of carbonyl (C=O) groups is 1. The molecule has 0 aliphatic carbocycles. The van der Waals surface area contributed by atoms with E-state index >= 15 is 0 Å². The summed E-state index contributed by atoms with van der Waals surface area (Å²) in [5.74, 6) is 2.10. The van der Waals surface area contributed by atoms with Gasteiger partial charge in [-0.05, 0) is 57.7 Å². The number of nitrogens with zero attached hydrogens (tertiary/aromatic N) is 4. The van der Waals surface area contributed by atoms with E-state index in [-0.39, 0.29) is 11.8 Å². The summed E-state index contributed by atoms with van der Waals surface area (Å²) in [5.41, 5.74) is 1.51. The Hall–Kier alpha value is -3.66. The zero-order valence-corrected chi connectivity index (χ0v) is 22.1. The van der Waals surface area contributed by atoms with Crippen molar-refractivity contribution in [1.29, 1.82) is 0 Å². The van der Waals surface area contributed by atoms with Crippen molar-refractivity contribution in [2.45, 2.75) is 32.6 Å². The van der Waals surface area contributed by atoms with Crippen LogP contribution in [-0.4, -0.2) is 72.7 Å². The fourth-order valence-corrected chi connectivity index (χ4v) is 4.06. The molecule has 1 amide bonds. The fraction of sp³-hybridized carbons (Fsp3) is 0.481. The van der Waals surface area contributed by atoms with Crippen molar-refractivity contribution in [2.24, 2.45) is 5.92 Å². The minimum absolute atomic E-state index is 0.0949. The number of methoxy groups -OCH3 is 1. The van der Waals surface area contributed by atoms with Gasteiger partial charge in [0.25, 0.3) is 5.88 Å². The molecule has 1 atom stereocenters. The van der Waals surface area contributed by atoms with E-state index in [0.29, 0.717) is 42.2 Å². The summed E-state index contributed by atoms with van der Waals surface area (Å²) in [7, 11) is 3.19. The third-order valence-electron chi connectivity index (χ3n) is 5.98. The highest BCUT2D eigenvalue weighted by atomic mass is 16.5. The Morgan fingerprint density at radius 1 is 1.27 bits per heavy atom. The second-order valence-electron chi connectivity index (χ2n) is 8.96. The van der Waals surface area contributed by atoms with E-state index < -0.39 is 0 Å². The first-order valence-corrected chi connectivity index (χ1v) is 12.8. The van der Waals surface area contributed by atoms with Crippen LogP contribution in [0, 0.1) is 12.8 Å². The quantitative estimate of drug-likeness (QED) is 0.188. The Bertz CT molecular complexity index is 1050. The summed E-state index contributed by atoms with van der Waals surface area (Å²) in [5, 5.41) is 9.15. The summed E-state index contributed by atoms with van der Waals surface area (Å²) in [4.78, 5) is 27.5. The summed E-state index contributed by atoms with van der Waals surface area (Å²) < 4.78 is 11.4. The topological polar surface area (TPSA) is 114 Å². The molecule has 3 rings (SSSR count). The normalized spacial score (nSPS) is 14.4. The number of likely N-dealkylation sites (N-methyl/N-ethyl adjacent to an activating group) is 1. The maximum Gasteiger partial charge on any atom is 0.256 e. The number of hydrogen-bond donors (Lipinski definition) is 3. The summed E-state index contributed by atoms with van der Waals surface area (Å²) in [6.45, 7) is 10.3. The van der Waals surface area contributed by atoms with Gasteiger partial charge in [-0.3, -0.25) is 4.79 Å². The van der Waals surface area contributed by atoms with Gasteiger partial charge in [0.15, 0.2) is 5.75 Å². The standard InChI is InChI=1S/C27H39N7O3/c1-5-9-21(10-11-25(35)28-3)18-29-24-16-20(2)31-27(33-24)32-22-17-23(26(36-4)30-19-22)37-15-8-14-34-12-6-7-13-34/h5,10-11,16-17,19,21H,1,6-9,12-15,18H2,2-4H3,(H,28,35)(H2,29,31,32,33)/b11-10+. The second-order valence-corrected chi connectivity index (χ2v) is 8.96.